The summed E-state index contributed by atoms with van der Waals surface area (Å²) >= 11 is 0. The van der Waals surface area contributed by atoms with Gasteiger partial charge in [0.05, 0.1) is 0 Å². The molecule has 0 heteroatoms. The maximum absolute atomic E-state index is 2.47. The van der Waals surface area contributed by atoms with Crippen molar-refractivity contribution in [3.8, 4) is 0 Å². The molecule has 128 valence electrons. The van der Waals surface area contributed by atoms with Crippen molar-refractivity contribution in [1.82, 2.24) is 0 Å². The Kier molecular flexibility index (Phi) is 5.56. The Morgan fingerprint density at radius 2 is 1.50 bits per heavy atom. The second-order valence-electron chi connectivity index (χ2n) is 9.35. The molecule has 0 N–H and O–H groups in total. The molecule has 4 atom stereocenters. The molecule has 22 heavy (non-hydrogen) atoms. The van der Waals surface area contributed by atoms with E-state index in [9.17, 15) is 0 Å². The Balaban J connectivity index is 1.60. The normalized spacial score (nSPS) is 38.2. The molecule has 0 amide bonds. The Morgan fingerprint density at radius 3 is 2.09 bits per heavy atom. The van der Waals surface area contributed by atoms with E-state index >= 15 is 0 Å². The first-order valence-electron chi connectivity index (χ1n) is 10.7. The first-order chi connectivity index (χ1) is 10.7. The number of hydrogen-bond donors (Lipinski definition) is 0. The van der Waals surface area contributed by atoms with Crippen LogP contribution in [0.1, 0.15) is 104 Å². The third-order valence-corrected chi connectivity index (χ3v) is 8.16. The fraction of sp³-hybridized carbons (Fsp3) is 1.00. The predicted molar refractivity (Wildman–Crippen MR) is 96.9 cm³/mol. The van der Waals surface area contributed by atoms with Crippen molar-refractivity contribution in [3.63, 3.8) is 0 Å². The molecular formula is C22H40. The summed E-state index contributed by atoms with van der Waals surface area (Å²) in [5.74, 6) is 5.31. The predicted octanol–water partition coefficient (Wildman–Crippen LogP) is 7.23. The zero-order valence-corrected chi connectivity index (χ0v) is 15.6. The molecule has 0 aromatic rings. The molecule has 0 heterocycles. The van der Waals surface area contributed by atoms with E-state index in [2.05, 4.69) is 20.8 Å². The van der Waals surface area contributed by atoms with Gasteiger partial charge in [0.25, 0.3) is 0 Å². The van der Waals surface area contributed by atoms with E-state index in [0.29, 0.717) is 0 Å². The van der Waals surface area contributed by atoms with Gasteiger partial charge in [0.15, 0.2) is 0 Å². The van der Waals surface area contributed by atoms with Crippen LogP contribution in [-0.4, -0.2) is 0 Å². The van der Waals surface area contributed by atoms with Crippen molar-refractivity contribution in [2.24, 2.45) is 35.0 Å². The summed E-state index contributed by atoms with van der Waals surface area (Å²) in [7, 11) is 0. The van der Waals surface area contributed by atoms with Crippen LogP contribution in [0.4, 0.5) is 0 Å². The second kappa shape index (κ2) is 7.27. The summed E-state index contributed by atoms with van der Waals surface area (Å²) in [4.78, 5) is 0. The minimum absolute atomic E-state index is 0.765. The SMILES string of the molecule is CCC(CC)C1(C2CCC(CC3CCC(C)C3)C2)CCCC1. The lowest BCUT2D eigenvalue weighted by Gasteiger charge is -2.42. The molecule has 3 aliphatic carbocycles. The molecule has 3 rings (SSSR count). The van der Waals surface area contributed by atoms with Crippen molar-refractivity contribution < 1.29 is 0 Å². The van der Waals surface area contributed by atoms with Crippen LogP contribution < -0.4 is 0 Å². The summed E-state index contributed by atoms with van der Waals surface area (Å²) < 4.78 is 0. The Bertz CT molecular complexity index is 334. The van der Waals surface area contributed by atoms with Crippen LogP contribution in [0.25, 0.3) is 0 Å². The van der Waals surface area contributed by atoms with E-state index in [1.54, 1.807) is 51.4 Å². The molecule has 0 radical (unpaired) electrons. The van der Waals surface area contributed by atoms with Gasteiger partial charge in [0, 0.05) is 0 Å². The Morgan fingerprint density at radius 1 is 0.864 bits per heavy atom. The first-order valence-corrected chi connectivity index (χ1v) is 10.7. The number of hydrogen-bond acceptors (Lipinski definition) is 0. The lowest BCUT2D eigenvalue weighted by atomic mass is 9.62. The van der Waals surface area contributed by atoms with Crippen LogP contribution in [0, 0.1) is 35.0 Å². The summed E-state index contributed by atoms with van der Waals surface area (Å²) in [6, 6.07) is 0. The van der Waals surface area contributed by atoms with Crippen molar-refractivity contribution in [2.45, 2.75) is 104 Å². The summed E-state index contributed by atoms with van der Waals surface area (Å²) in [6.07, 6.45) is 20.0. The van der Waals surface area contributed by atoms with Gasteiger partial charge >= 0.3 is 0 Å². The Labute approximate surface area is 139 Å². The van der Waals surface area contributed by atoms with Crippen LogP contribution in [0.3, 0.4) is 0 Å². The second-order valence-corrected chi connectivity index (χ2v) is 9.35. The molecule has 4 unspecified atom stereocenters. The van der Waals surface area contributed by atoms with Crippen molar-refractivity contribution >= 4 is 0 Å². The third-order valence-electron chi connectivity index (χ3n) is 8.16. The monoisotopic (exact) mass is 304 g/mol. The molecule has 0 nitrogen and oxygen atoms in total. The molecule has 0 aromatic heterocycles. The highest BCUT2D eigenvalue weighted by molar-refractivity contribution is 4.98. The zero-order chi connectivity index (χ0) is 15.6. The van der Waals surface area contributed by atoms with E-state index in [1.807, 2.05) is 0 Å². The fourth-order valence-corrected chi connectivity index (χ4v) is 7.11. The van der Waals surface area contributed by atoms with Gasteiger partial charge in [-0.05, 0) is 73.5 Å². The Hall–Kier alpha value is 0. The lowest BCUT2D eigenvalue weighted by Crippen LogP contribution is -2.34. The standard InChI is InChI=1S/C22H40/c1-4-20(5-2)22(12-6-7-13-22)21-11-10-19(16-21)15-18-9-8-17(3)14-18/h17-21H,4-16H2,1-3H3. The molecule has 0 aliphatic heterocycles. The molecular weight excluding hydrogens is 264 g/mol. The highest BCUT2D eigenvalue weighted by Crippen LogP contribution is 2.58. The maximum Gasteiger partial charge on any atom is -0.0241 e. The summed E-state index contributed by atoms with van der Waals surface area (Å²) in [6.45, 7) is 7.39. The van der Waals surface area contributed by atoms with Crippen LogP contribution in [0.15, 0.2) is 0 Å². The van der Waals surface area contributed by atoms with Crippen LogP contribution in [0.2, 0.25) is 0 Å². The van der Waals surface area contributed by atoms with Gasteiger partial charge in [0.1, 0.15) is 0 Å². The largest absolute Gasteiger partial charge is 0.0651 e. The first kappa shape index (κ1) is 16.8. The van der Waals surface area contributed by atoms with Gasteiger partial charge in [0.2, 0.25) is 0 Å². The molecule has 0 saturated heterocycles. The highest BCUT2D eigenvalue weighted by atomic mass is 14.5. The average Bonchev–Trinajstić information content (AvgIpc) is 3.22. The van der Waals surface area contributed by atoms with Gasteiger partial charge in [-0.3, -0.25) is 0 Å². The molecule has 0 bridgehead atoms. The highest BCUT2D eigenvalue weighted by Gasteiger charge is 2.48. The van der Waals surface area contributed by atoms with Crippen LogP contribution in [0.5, 0.6) is 0 Å². The maximum atomic E-state index is 2.47. The van der Waals surface area contributed by atoms with Gasteiger partial charge < -0.3 is 0 Å². The average molecular weight is 305 g/mol. The molecule has 3 aliphatic rings. The number of rotatable bonds is 6. The molecule has 0 aromatic carbocycles. The van der Waals surface area contributed by atoms with E-state index < -0.39 is 0 Å². The quantitative estimate of drug-likeness (QED) is 0.485. The molecule has 0 spiro atoms. The van der Waals surface area contributed by atoms with Crippen molar-refractivity contribution in [1.29, 1.82) is 0 Å². The zero-order valence-electron chi connectivity index (χ0n) is 15.6. The van der Waals surface area contributed by atoms with Crippen molar-refractivity contribution in [3.05, 3.63) is 0 Å². The minimum atomic E-state index is 0.765. The topological polar surface area (TPSA) is 0 Å². The van der Waals surface area contributed by atoms with Gasteiger partial charge in [-0.25, -0.2) is 0 Å². The minimum Gasteiger partial charge on any atom is -0.0651 e. The summed E-state index contributed by atoms with van der Waals surface area (Å²) in [5, 5.41) is 0. The lowest BCUT2D eigenvalue weighted by molar-refractivity contribution is 0.0685. The fourth-order valence-electron chi connectivity index (χ4n) is 7.11. The van der Waals surface area contributed by atoms with Crippen LogP contribution in [-0.2, 0) is 0 Å². The van der Waals surface area contributed by atoms with Crippen molar-refractivity contribution in [2.75, 3.05) is 0 Å². The smallest absolute Gasteiger partial charge is 0.0241 e. The van der Waals surface area contributed by atoms with Gasteiger partial charge in [-0.1, -0.05) is 65.7 Å². The van der Waals surface area contributed by atoms with Gasteiger partial charge in [-0.2, -0.15) is 0 Å². The van der Waals surface area contributed by atoms with E-state index in [-0.39, 0.29) is 0 Å². The summed E-state index contributed by atoms with van der Waals surface area (Å²) in [5.41, 5.74) is 0.765. The van der Waals surface area contributed by atoms with Gasteiger partial charge in [-0.15, -0.1) is 0 Å². The van der Waals surface area contributed by atoms with E-state index in [4.69, 9.17) is 0 Å². The van der Waals surface area contributed by atoms with Crippen LogP contribution >= 0.6 is 0 Å². The van der Waals surface area contributed by atoms with E-state index in [1.165, 1.54) is 32.1 Å². The molecule has 3 saturated carbocycles. The molecule has 3 fully saturated rings. The van der Waals surface area contributed by atoms with E-state index in [0.717, 1.165) is 35.0 Å². The third kappa shape index (κ3) is 3.27.